The van der Waals surface area contributed by atoms with Crippen LogP contribution < -0.4 is 0 Å². The van der Waals surface area contributed by atoms with E-state index in [-0.39, 0.29) is 0 Å². The first kappa shape index (κ1) is 53.0. The summed E-state index contributed by atoms with van der Waals surface area (Å²) in [4.78, 5) is 0. The Bertz CT molecular complexity index is 1150. The second-order valence-corrected chi connectivity index (χ2v) is 61.1. The molecule has 0 atom stereocenters. The van der Waals surface area contributed by atoms with Gasteiger partial charge >= 0.3 is 9.05 Å². The van der Waals surface area contributed by atoms with Crippen LogP contribution >= 0.6 is 0 Å². The van der Waals surface area contributed by atoms with Crippen molar-refractivity contribution in [2.75, 3.05) is 26.4 Å². The zero-order chi connectivity index (χ0) is 41.5. The van der Waals surface area contributed by atoms with Crippen molar-refractivity contribution < 1.29 is 17.7 Å². The molecule has 0 saturated carbocycles. The van der Waals surface area contributed by atoms with Crippen LogP contribution in [0.5, 0.6) is 0 Å². The molecule has 0 unspecified atom stereocenters. The lowest BCUT2D eigenvalue weighted by Crippen LogP contribution is -2.50. The summed E-state index contributed by atoms with van der Waals surface area (Å²) in [6.45, 7) is 49.3. The molecular formula is C40H84O4Si9. The molecule has 304 valence electrons. The zero-order valence-corrected chi connectivity index (χ0v) is 47.6. The molecule has 0 aliphatic heterocycles. The van der Waals surface area contributed by atoms with E-state index in [0.717, 1.165) is 49.9 Å². The summed E-state index contributed by atoms with van der Waals surface area (Å²) in [6.07, 6.45) is 3.76. The van der Waals surface area contributed by atoms with Crippen molar-refractivity contribution in [1.29, 1.82) is 0 Å². The summed E-state index contributed by atoms with van der Waals surface area (Å²) in [7, 11) is -15.7. The van der Waals surface area contributed by atoms with Crippen LogP contribution in [0.15, 0.2) is 0 Å². The highest BCUT2D eigenvalue weighted by molar-refractivity contribution is 6.92. The lowest BCUT2D eigenvalue weighted by molar-refractivity contribution is -0.0347. The van der Waals surface area contributed by atoms with Crippen LogP contribution in [-0.2, 0) is 17.7 Å². The largest absolute Gasteiger partial charge is 0.679 e. The highest BCUT2D eigenvalue weighted by atomic mass is 28.4. The maximum atomic E-state index is 6.77. The summed E-state index contributed by atoms with van der Waals surface area (Å²) in [5, 5.41) is 0. The highest BCUT2D eigenvalue weighted by Gasteiger charge is 2.46. The number of rotatable bonds is 20. The van der Waals surface area contributed by atoms with Crippen LogP contribution in [-0.4, -0.2) is 100 Å². The maximum Gasteiger partial charge on any atom is 0.679 e. The van der Waals surface area contributed by atoms with E-state index in [0.29, 0.717) is 26.4 Å². The Hall–Kier alpha value is 0.0319. The van der Waals surface area contributed by atoms with E-state index >= 15 is 0 Å². The fraction of sp³-hybridized carbons (Fsp3) is 0.800. The Labute approximate surface area is 340 Å². The minimum absolute atomic E-state index is 0.572. The molecule has 0 saturated heterocycles. The third kappa shape index (κ3) is 31.8. The lowest BCUT2D eigenvalue weighted by Gasteiger charge is -2.30. The molecule has 0 N–H and O–H groups in total. The molecule has 0 radical (unpaired) electrons. The molecule has 0 aromatic carbocycles. The molecule has 0 aliphatic rings. The molecule has 0 aliphatic carbocycles. The van der Waals surface area contributed by atoms with Gasteiger partial charge in [0, 0.05) is 26.4 Å². The van der Waals surface area contributed by atoms with E-state index in [9.17, 15) is 0 Å². The third-order valence-electron chi connectivity index (χ3n) is 8.00. The molecular weight excluding hydrogens is 797 g/mol. The Morgan fingerprint density at radius 3 is 0.585 bits per heavy atom. The van der Waals surface area contributed by atoms with Gasteiger partial charge in [0.05, 0.1) is 0 Å². The highest BCUT2D eigenvalue weighted by Crippen LogP contribution is 2.22. The van der Waals surface area contributed by atoms with Gasteiger partial charge in [0.2, 0.25) is 0 Å². The lowest BCUT2D eigenvalue weighted by atomic mass is 10.5. The van der Waals surface area contributed by atoms with Crippen LogP contribution in [0.3, 0.4) is 0 Å². The van der Waals surface area contributed by atoms with Gasteiger partial charge in [-0.05, 0) is 49.9 Å². The van der Waals surface area contributed by atoms with Gasteiger partial charge < -0.3 is 17.7 Å². The fourth-order valence-corrected chi connectivity index (χ4v) is 22.9. The van der Waals surface area contributed by atoms with Gasteiger partial charge in [-0.3, -0.25) is 0 Å². The van der Waals surface area contributed by atoms with E-state index in [4.69, 9.17) is 17.7 Å². The molecule has 0 aromatic rings. The Kier molecular flexibility index (Phi) is 22.3. The average molecular weight is 882 g/mol. The van der Waals surface area contributed by atoms with Gasteiger partial charge in [-0.2, -0.15) is 0 Å². The summed E-state index contributed by atoms with van der Waals surface area (Å²) in [5.41, 5.74) is 29.5. The van der Waals surface area contributed by atoms with Crippen molar-refractivity contribution in [3.63, 3.8) is 0 Å². The summed E-state index contributed by atoms with van der Waals surface area (Å²) < 4.78 is 27.1. The Morgan fingerprint density at radius 1 is 0.264 bits per heavy atom. The molecule has 0 rings (SSSR count). The average Bonchev–Trinajstić information content (AvgIpc) is 2.97. The van der Waals surface area contributed by atoms with E-state index in [1.165, 1.54) is 0 Å². The zero-order valence-electron chi connectivity index (χ0n) is 38.6. The minimum atomic E-state index is -3.43. The van der Waals surface area contributed by atoms with Crippen LogP contribution in [0.25, 0.3) is 0 Å². The SMILES string of the molecule is C[Si](C)(C)C#C[Si](C)(C)CCCO[Si](OCCC[Si](C)(C)C#C[Si](C)(C)C)(OCCC[Si](C)(C)C#C[Si](C)(C)C)OCCC[Si](C)(C)C#C[Si](C)(C)C. The first-order valence-corrected chi connectivity index (χ1v) is 48.8. The Morgan fingerprint density at radius 2 is 0.434 bits per heavy atom. The molecule has 53 heavy (non-hydrogen) atoms. The predicted octanol–water partition coefficient (Wildman–Crippen LogP) is 11.6. The normalized spacial score (nSPS) is 13.5. The molecule has 0 fully saturated rings. The predicted molar refractivity (Wildman–Crippen MR) is 262 cm³/mol. The summed E-state index contributed by atoms with van der Waals surface area (Å²) >= 11 is 0. The first-order valence-electron chi connectivity index (χ1n) is 20.4. The standard InChI is InChI=1S/C40H84O4Si9/c1-45(2,3)33-37-49(13,14)29-21-25-41-53(42-26-22-30-50(15,16)38-34-46(4,5)6,43-27-23-31-51(17,18)39-35-47(7,8)9)44-28-24-32-52(19,20)40-36-48(10,11)12/h21-32H2,1-20H3. The van der Waals surface area contributed by atoms with Crippen LogP contribution in [0.4, 0.5) is 0 Å². The number of hydrogen-bond acceptors (Lipinski definition) is 4. The second kappa shape index (κ2) is 22.3. The van der Waals surface area contributed by atoms with E-state index in [1.807, 2.05) is 0 Å². The smallest absolute Gasteiger partial charge is 0.351 e. The molecule has 0 aromatic heterocycles. The molecule has 0 amide bonds. The van der Waals surface area contributed by atoms with E-state index in [2.05, 4.69) is 175 Å². The van der Waals surface area contributed by atoms with Gasteiger partial charge in [0.1, 0.15) is 64.6 Å². The van der Waals surface area contributed by atoms with Crippen molar-refractivity contribution in [3.8, 4) is 44.3 Å². The van der Waals surface area contributed by atoms with Crippen molar-refractivity contribution in [2.45, 2.75) is 181 Å². The third-order valence-corrected chi connectivity index (χ3v) is 24.4. The van der Waals surface area contributed by atoms with Crippen molar-refractivity contribution >= 4 is 73.6 Å². The summed E-state index contributed by atoms with van der Waals surface area (Å²) in [6, 6.07) is 4.37. The Balaban J connectivity index is 6.20. The van der Waals surface area contributed by atoms with Crippen LogP contribution in [0.1, 0.15) is 25.7 Å². The van der Waals surface area contributed by atoms with E-state index in [1.54, 1.807) is 0 Å². The molecule has 4 nitrogen and oxygen atoms in total. The van der Waals surface area contributed by atoms with Gasteiger partial charge in [-0.15, -0.1) is 44.3 Å². The van der Waals surface area contributed by atoms with Crippen LogP contribution in [0, 0.1) is 44.3 Å². The van der Waals surface area contributed by atoms with Gasteiger partial charge in [-0.1, -0.05) is 131 Å². The molecule has 0 heterocycles. The number of hydrogen-bond donors (Lipinski definition) is 0. The van der Waals surface area contributed by atoms with Gasteiger partial charge in [-0.25, -0.2) is 0 Å². The first-order chi connectivity index (χ1) is 23.7. The van der Waals surface area contributed by atoms with Crippen LogP contribution in [0.2, 0.25) is 155 Å². The van der Waals surface area contributed by atoms with Gasteiger partial charge in [0.15, 0.2) is 0 Å². The second-order valence-electron chi connectivity index (χ2n) is 21.8. The maximum absolute atomic E-state index is 6.77. The van der Waals surface area contributed by atoms with E-state index < -0.39 is 73.6 Å². The van der Waals surface area contributed by atoms with Gasteiger partial charge in [0.25, 0.3) is 0 Å². The molecule has 0 bridgehead atoms. The fourth-order valence-electron chi connectivity index (χ4n) is 4.77. The minimum Gasteiger partial charge on any atom is -0.351 e. The van der Waals surface area contributed by atoms with Crippen molar-refractivity contribution in [2.24, 2.45) is 0 Å². The topological polar surface area (TPSA) is 36.9 Å². The molecule has 13 heteroatoms. The quantitative estimate of drug-likeness (QED) is 0.0694. The van der Waals surface area contributed by atoms with Crippen molar-refractivity contribution in [3.05, 3.63) is 0 Å². The monoisotopic (exact) mass is 880 g/mol. The van der Waals surface area contributed by atoms with Crippen molar-refractivity contribution in [1.82, 2.24) is 0 Å². The summed E-state index contributed by atoms with van der Waals surface area (Å²) in [5.74, 6) is 0. The molecule has 0 spiro atoms.